The predicted molar refractivity (Wildman–Crippen MR) is 58.5 cm³/mol. The highest BCUT2D eigenvalue weighted by Crippen LogP contribution is 2.31. The monoisotopic (exact) mass is 212 g/mol. The van der Waals surface area contributed by atoms with E-state index in [4.69, 9.17) is 9.47 Å². The van der Waals surface area contributed by atoms with E-state index in [1.165, 1.54) is 0 Å². The van der Waals surface area contributed by atoms with E-state index in [0.29, 0.717) is 13.0 Å². The summed E-state index contributed by atoms with van der Waals surface area (Å²) in [7, 11) is 0. The third-order valence-electron chi connectivity index (χ3n) is 2.62. The largest absolute Gasteiger partial charge is 0.348 e. The van der Waals surface area contributed by atoms with Gasteiger partial charge in [0.25, 0.3) is 0 Å². The van der Waals surface area contributed by atoms with Crippen molar-refractivity contribution in [3.63, 3.8) is 0 Å². The molecule has 1 unspecified atom stereocenters. The molecule has 3 heteroatoms. The van der Waals surface area contributed by atoms with Crippen LogP contribution in [0.15, 0.2) is 12.2 Å². The number of ether oxygens (including phenoxy) is 2. The molecule has 0 amide bonds. The molecule has 15 heavy (non-hydrogen) atoms. The molecule has 0 N–H and O–H groups in total. The molecule has 0 bridgehead atoms. The summed E-state index contributed by atoms with van der Waals surface area (Å²) < 4.78 is 11.2. The predicted octanol–water partition coefficient (Wildman–Crippen LogP) is 2.31. The molecule has 0 aromatic heterocycles. The number of hydrogen-bond donors (Lipinski definition) is 0. The third kappa shape index (κ3) is 3.43. The van der Waals surface area contributed by atoms with E-state index in [-0.39, 0.29) is 17.8 Å². The molecule has 0 aliphatic carbocycles. The van der Waals surface area contributed by atoms with Gasteiger partial charge in [-0.3, -0.25) is 0 Å². The highest BCUT2D eigenvalue weighted by molar-refractivity contribution is 5.76. The standard InChI is InChI=1S/C12H20O3/c1-8(2)10(6-9(3)13)11-7-14-12(4,5)15-11/h10-11H,1,6-7H2,2-5H3/t10?,11-/m1/s1. The number of ketones is 1. The SMILES string of the molecule is C=C(C)C(CC(C)=O)[C@H]1COC(C)(C)O1. The third-order valence-corrected chi connectivity index (χ3v) is 2.62. The first kappa shape index (κ1) is 12.4. The fourth-order valence-corrected chi connectivity index (χ4v) is 1.85. The van der Waals surface area contributed by atoms with Crippen molar-refractivity contribution in [1.82, 2.24) is 0 Å². The van der Waals surface area contributed by atoms with Gasteiger partial charge in [-0.05, 0) is 27.7 Å². The van der Waals surface area contributed by atoms with Crippen LogP contribution in [0.5, 0.6) is 0 Å². The molecule has 0 spiro atoms. The maximum absolute atomic E-state index is 11.1. The quantitative estimate of drug-likeness (QED) is 0.671. The van der Waals surface area contributed by atoms with Crippen LogP contribution >= 0.6 is 0 Å². The summed E-state index contributed by atoms with van der Waals surface area (Å²) in [4.78, 5) is 11.1. The van der Waals surface area contributed by atoms with Gasteiger partial charge in [0.05, 0.1) is 12.7 Å². The molecule has 1 heterocycles. The molecule has 1 fully saturated rings. The maximum atomic E-state index is 11.1. The number of rotatable bonds is 4. The van der Waals surface area contributed by atoms with Crippen LogP contribution in [0.3, 0.4) is 0 Å². The molecule has 0 aromatic rings. The molecule has 3 nitrogen and oxygen atoms in total. The van der Waals surface area contributed by atoms with Crippen molar-refractivity contribution >= 4 is 5.78 Å². The van der Waals surface area contributed by atoms with Crippen molar-refractivity contribution in [2.24, 2.45) is 5.92 Å². The van der Waals surface area contributed by atoms with Gasteiger partial charge >= 0.3 is 0 Å². The van der Waals surface area contributed by atoms with Crippen LogP contribution in [0, 0.1) is 5.92 Å². The molecule has 1 saturated heterocycles. The van der Waals surface area contributed by atoms with Gasteiger partial charge < -0.3 is 14.3 Å². The molecule has 86 valence electrons. The summed E-state index contributed by atoms with van der Waals surface area (Å²) in [5, 5.41) is 0. The molecule has 0 aromatic carbocycles. The molecule has 0 saturated carbocycles. The molecule has 1 rings (SSSR count). The second kappa shape index (κ2) is 4.45. The topological polar surface area (TPSA) is 35.5 Å². The Morgan fingerprint density at radius 2 is 2.13 bits per heavy atom. The van der Waals surface area contributed by atoms with Crippen LogP contribution in [-0.2, 0) is 14.3 Å². The Bertz CT molecular complexity index is 268. The minimum Gasteiger partial charge on any atom is -0.348 e. The molecule has 1 aliphatic rings. The summed E-state index contributed by atoms with van der Waals surface area (Å²) in [6.07, 6.45) is 0.445. The Balaban J connectivity index is 2.66. The van der Waals surface area contributed by atoms with Gasteiger partial charge in [0.2, 0.25) is 0 Å². The van der Waals surface area contributed by atoms with Gasteiger partial charge in [0.1, 0.15) is 5.78 Å². The molecule has 1 aliphatic heterocycles. The van der Waals surface area contributed by atoms with Crippen LogP contribution in [0.1, 0.15) is 34.1 Å². The summed E-state index contributed by atoms with van der Waals surface area (Å²) in [5.41, 5.74) is 0.983. The first-order valence-corrected chi connectivity index (χ1v) is 5.28. The van der Waals surface area contributed by atoms with Crippen molar-refractivity contribution < 1.29 is 14.3 Å². The van der Waals surface area contributed by atoms with Gasteiger partial charge in [0, 0.05) is 12.3 Å². The summed E-state index contributed by atoms with van der Waals surface area (Å²) in [6, 6.07) is 0. The Hall–Kier alpha value is -0.670. The maximum Gasteiger partial charge on any atom is 0.163 e. The second-order valence-corrected chi connectivity index (χ2v) is 4.73. The minimum absolute atomic E-state index is 0.0404. The van der Waals surface area contributed by atoms with E-state index in [1.807, 2.05) is 20.8 Å². The van der Waals surface area contributed by atoms with Gasteiger partial charge in [-0.15, -0.1) is 0 Å². The normalized spacial score (nSPS) is 26.3. The van der Waals surface area contributed by atoms with Crippen LogP contribution < -0.4 is 0 Å². The van der Waals surface area contributed by atoms with Crippen LogP contribution in [0.25, 0.3) is 0 Å². The van der Waals surface area contributed by atoms with Gasteiger partial charge in [-0.25, -0.2) is 0 Å². The van der Waals surface area contributed by atoms with E-state index in [2.05, 4.69) is 6.58 Å². The highest BCUT2D eigenvalue weighted by atomic mass is 16.7. The minimum atomic E-state index is -0.533. The van der Waals surface area contributed by atoms with Gasteiger partial charge in [-0.2, -0.15) is 0 Å². The molecular formula is C12H20O3. The number of carbonyl (C=O) groups excluding carboxylic acids is 1. The summed E-state index contributed by atoms with van der Waals surface area (Å²) >= 11 is 0. The molecular weight excluding hydrogens is 192 g/mol. The van der Waals surface area contributed by atoms with Crippen molar-refractivity contribution in [1.29, 1.82) is 0 Å². The summed E-state index contributed by atoms with van der Waals surface area (Å²) in [5.74, 6) is -0.296. The zero-order valence-electron chi connectivity index (χ0n) is 10.0. The number of carbonyl (C=O) groups is 1. The highest BCUT2D eigenvalue weighted by Gasteiger charge is 2.37. The Morgan fingerprint density at radius 3 is 2.47 bits per heavy atom. The van der Waals surface area contributed by atoms with E-state index in [9.17, 15) is 4.79 Å². The van der Waals surface area contributed by atoms with E-state index < -0.39 is 5.79 Å². The van der Waals surface area contributed by atoms with Crippen molar-refractivity contribution in [2.75, 3.05) is 6.61 Å². The van der Waals surface area contributed by atoms with E-state index >= 15 is 0 Å². The Labute approximate surface area is 91.4 Å². The van der Waals surface area contributed by atoms with Gasteiger partial charge in [-0.1, -0.05) is 12.2 Å². The fourth-order valence-electron chi connectivity index (χ4n) is 1.85. The second-order valence-electron chi connectivity index (χ2n) is 4.73. The lowest BCUT2D eigenvalue weighted by Gasteiger charge is -2.23. The lowest BCUT2D eigenvalue weighted by molar-refractivity contribution is -0.144. The van der Waals surface area contributed by atoms with E-state index in [1.54, 1.807) is 6.92 Å². The van der Waals surface area contributed by atoms with Crippen LogP contribution in [-0.4, -0.2) is 24.3 Å². The van der Waals surface area contributed by atoms with E-state index in [0.717, 1.165) is 5.57 Å². The Morgan fingerprint density at radius 1 is 1.53 bits per heavy atom. The average molecular weight is 212 g/mol. The van der Waals surface area contributed by atoms with Crippen molar-refractivity contribution in [3.05, 3.63) is 12.2 Å². The van der Waals surface area contributed by atoms with Crippen molar-refractivity contribution in [2.45, 2.75) is 46.0 Å². The first-order valence-electron chi connectivity index (χ1n) is 5.28. The molecule has 0 radical (unpaired) electrons. The zero-order chi connectivity index (χ0) is 11.6. The van der Waals surface area contributed by atoms with Crippen LogP contribution in [0.4, 0.5) is 0 Å². The smallest absolute Gasteiger partial charge is 0.163 e. The fraction of sp³-hybridized carbons (Fsp3) is 0.750. The number of Topliss-reactive ketones (excluding diaryl/α,β-unsaturated/α-hetero) is 1. The Kier molecular flexibility index (Phi) is 3.68. The molecule has 2 atom stereocenters. The lowest BCUT2D eigenvalue weighted by Crippen LogP contribution is -2.28. The number of hydrogen-bond acceptors (Lipinski definition) is 3. The summed E-state index contributed by atoms with van der Waals surface area (Å²) in [6.45, 7) is 11.7. The zero-order valence-corrected chi connectivity index (χ0v) is 10.0. The lowest BCUT2D eigenvalue weighted by atomic mass is 9.91. The first-order chi connectivity index (χ1) is 6.82. The van der Waals surface area contributed by atoms with Gasteiger partial charge in [0.15, 0.2) is 5.79 Å². The average Bonchev–Trinajstić information content (AvgIpc) is 2.41. The van der Waals surface area contributed by atoms with Crippen LogP contribution in [0.2, 0.25) is 0 Å². The van der Waals surface area contributed by atoms with Crippen molar-refractivity contribution in [3.8, 4) is 0 Å².